The van der Waals surface area contributed by atoms with Crippen molar-refractivity contribution in [2.75, 3.05) is 72.7 Å². The quantitative estimate of drug-likeness (QED) is 0.0468. The maximum absolute atomic E-state index is 11.3. The summed E-state index contributed by atoms with van der Waals surface area (Å²) in [6.45, 7) is 17.6. The van der Waals surface area contributed by atoms with Crippen molar-refractivity contribution >= 4 is 17.9 Å². The molecule has 0 aliphatic carbocycles. The molecule has 0 aliphatic heterocycles. The van der Waals surface area contributed by atoms with Gasteiger partial charge in [0.05, 0.1) is 46.2 Å². The van der Waals surface area contributed by atoms with Crippen LogP contribution in [0, 0.1) is 0 Å². The van der Waals surface area contributed by atoms with Crippen molar-refractivity contribution in [1.82, 2.24) is 0 Å². The first kappa shape index (κ1) is 32.8. The van der Waals surface area contributed by atoms with Crippen LogP contribution in [0.4, 0.5) is 0 Å². The standard InChI is InChI=1S/C25H36O11/c1-6-21(5)32-13-10-29-18-25(36-17-16-35-24(28)9-4,19-30-11-14-33-22(26)7-2)20-31-12-15-34-23(27)8-3/h6-9H,1-5,10-20H2. The topological polar surface area (TPSA) is 125 Å². The smallest absolute Gasteiger partial charge is 0.330 e. The molecule has 0 radical (unpaired) electrons. The third kappa shape index (κ3) is 17.2. The number of ether oxygens (including phenoxy) is 8. The fourth-order valence-electron chi connectivity index (χ4n) is 2.29. The van der Waals surface area contributed by atoms with Crippen LogP contribution in [-0.2, 0) is 52.3 Å². The summed E-state index contributed by atoms with van der Waals surface area (Å²) >= 11 is 0. The Labute approximate surface area is 211 Å². The molecule has 0 rings (SSSR count). The fourth-order valence-corrected chi connectivity index (χ4v) is 2.29. The minimum Gasteiger partial charge on any atom is -0.492 e. The van der Waals surface area contributed by atoms with Crippen LogP contribution >= 0.6 is 0 Å². The van der Waals surface area contributed by atoms with Crippen molar-refractivity contribution in [3.63, 3.8) is 0 Å². The fraction of sp³-hybridized carbons (Fsp3) is 0.480. The molecule has 0 unspecified atom stereocenters. The average molecular weight is 513 g/mol. The van der Waals surface area contributed by atoms with Crippen LogP contribution in [0.5, 0.6) is 0 Å². The highest BCUT2D eigenvalue weighted by molar-refractivity contribution is 5.81. The van der Waals surface area contributed by atoms with Gasteiger partial charge < -0.3 is 37.9 Å². The highest BCUT2D eigenvalue weighted by atomic mass is 16.6. The second-order valence-corrected chi connectivity index (χ2v) is 6.82. The lowest BCUT2D eigenvalue weighted by molar-refractivity contribution is -0.180. The zero-order valence-electron chi connectivity index (χ0n) is 20.6. The summed E-state index contributed by atoms with van der Waals surface area (Å²) in [7, 11) is 0. The van der Waals surface area contributed by atoms with E-state index in [1.165, 1.54) is 6.08 Å². The van der Waals surface area contributed by atoms with Gasteiger partial charge in [-0.3, -0.25) is 0 Å². The number of rotatable bonds is 24. The van der Waals surface area contributed by atoms with Gasteiger partial charge in [-0.25, -0.2) is 14.4 Å². The Hall–Kier alpha value is -3.25. The van der Waals surface area contributed by atoms with Gasteiger partial charge in [0.2, 0.25) is 0 Å². The predicted molar refractivity (Wildman–Crippen MR) is 130 cm³/mol. The highest BCUT2D eigenvalue weighted by Crippen LogP contribution is 2.15. The molecule has 0 fully saturated rings. The number of esters is 3. The van der Waals surface area contributed by atoms with E-state index in [-0.39, 0.29) is 72.7 Å². The van der Waals surface area contributed by atoms with Gasteiger partial charge in [0.25, 0.3) is 0 Å². The molecule has 0 atom stereocenters. The summed E-state index contributed by atoms with van der Waals surface area (Å²) in [5.41, 5.74) is -1.15. The largest absolute Gasteiger partial charge is 0.492 e. The molecule has 0 spiro atoms. The average Bonchev–Trinajstić information content (AvgIpc) is 2.89. The van der Waals surface area contributed by atoms with Gasteiger partial charge in [-0.05, 0) is 6.08 Å². The second-order valence-electron chi connectivity index (χ2n) is 6.82. The number of hydrogen-bond acceptors (Lipinski definition) is 11. The first-order valence-corrected chi connectivity index (χ1v) is 11.0. The summed E-state index contributed by atoms with van der Waals surface area (Å²) in [6.07, 6.45) is 4.59. The molecule has 0 bridgehead atoms. The normalized spacial score (nSPS) is 10.6. The van der Waals surface area contributed by atoms with Gasteiger partial charge in [0.1, 0.15) is 37.8 Å². The third-order valence-electron chi connectivity index (χ3n) is 4.02. The van der Waals surface area contributed by atoms with E-state index in [0.29, 0.717) is 5.76 Å². The van der Waals surface area contributed by atoms with Crippen molar-refractivity contribution in [3.8, 4) is 0 Å². The van der Waals surface area contributed by atoms with Crippen molar-refractivity contribution in [3.05, 3.63) is 63.0 Å². The molecule has 0 aromatic rings. The van der Waals surface area contributed by atoms with Crippen LogP contribution in [0.15, 0.2) is 63.0 Å². The van der Waals surface area contributed by atoms with E-state index in [0.717, 1.165) is 18.2 Å². The van der Waals surface area contributed by atoms with E-state index in [1.54, 1.807) is 0 Å². The maximum atomic E-state index is 11.3. The van der Waals surface area contributed by atoms with Crippen LogP contribution in [0.1, 0.15) is 0 Å². The van der Waals surface area contributed by atoms with E-state index in [1.807, 2.05) is 0 Å². The lowest BCUT2D eigenvalue weighted by Gasteiger charge is -2.33. The van der Waals surface area contributed by atoms with Gasteiger partial charge >= 0.3 is 17.9 Å². The Kier molecular flexibility index (Phi) is 19.2. The minimum atomic E-state index is -1.15. The lowest BCUT2D eigenvalue weighted by atomic mass is 10.1. The summed E-state index contributed by atoms with van der Waals surface area (Å²) < 4.78 is 43.0. The SMILES string of the molecule is C=CC(=C)OCCOCC(COCCOC(=O)C=C)(COCCOC(=O)C=C)OCCOC(=O)C=C. The zero-order chi connectivity index (χ0) is 27.1. The molecule has 0 saturated heterocycles. The van der Waals surface area contributed by atoms with Crippen LogP contribution < -0.4 is 0 Å². The molecule has 11 nitrogen and oxygen atoms in total. The first-order chi connectivity index (χ1) is 17.3. The monoisotopic (exact) mass is 512 g/mol. The molecule has 36 heavy (non-hydrogen) atoms. The van der Waals surface area contributed by atoms with Gasteiger partial charge in [0, 0.05) is 18.2 Å². The Morgan fingerprint density at radius 1 is 0.528 bits per heavy atom. The highest BCUT2D eigenvalue weighted by Gasteiger charge is 2.33. The molecular formula is C25H36O11. The van der Waals surface area contributed by atoms with Gasteiger partial charge in [-0.15, -0.1) is 0 Å². The molecule has 0 aromatic carbocycles. The molecule has 11 heteroatoms. The predicted octanol–water partition coefficient (Wildman–Crippen LogP) is 1.70. The van der Waals surface area contributed by atoms with E-state index < -0.39 is 23.5 Å². The van der Waals surface area contributed by atoms with Crippen LogP contribution in [-0.4, -0.2) is 96.2 Å². The van der Waals surface area contributed by atoms with Crippen LogP contribution in [0.3, 0.4) is 0 Å². The molecular weight excluding hydrogens is 476 g/mol. The van der Waals surface area contributed by atoms with Crippen molar-refractivity contribution < 1.29 is 52.3 Å². The Bertz CT molecular complexity index is 655. The van der Waals surface area contributed by atoms with E-state index >= 15 is 0 Å². The Balaban J connectivity index is 5.11. The van der Waals surface area contributed by atoms with Gasteiger partial charge in [-0.2, -0.15) is 0 Å². The molecule has 0 saturated carbocycles. The lowest BCUT2D eigenvalue weighted by Crippen LogP contribution is -2.48. The first-order valence-electron chi connectivity index (χ1n) is 11.0. The maximum Gasteiger partial charge on any atom is 0.330 e. The number of hydrogen-bond donors (Lipinski definition) is 0. The van der Waals surface area contributed by atoms with Crippen LogP contribution in [0.2, 0.25) is 0 Å². The number of allylic oxidation sites excluding steroid dienone is 1. The molecule has 0 aromatic heterocycles. The molecule has 0 heterocycles. The van der Waals surface area contributed by atoms with E-state index in [4.69, 9.17) is 37.9 Å². The third-order valence-corrected chi connectivity index (χ3v) is 4.02. The Morgan fingerprint density at radius 3 is 1.25 bits per heavy atom. The summed E-state index contributed by atoms with van der Waals surface area (Å²) in [5, 5.41) is 0. The molecule has 0 amide bonds. The van der Waals surface area contributed by atoms with Gasteiger partial charge in [-0.1, -0.05) is 32.9 Å². The molecule has 0 N–H and O–H groups in total. The summed E-state index contributed by atoms with van der Waals surface area (Å²) in [6, 6.07) is 0. The zero-order valence-corrected chi connectivity index (χ0v) is 20.6. The van der Waals surface area contributed by atoms with Crippen LogP contribution in [0.25, 0.3) is 0 Å². The van der Waals surface area contributed by atoms with Crippen molar-refractivity contribution in [2.45, 2.75) is 5.60 Å². The van der Waals surface area contributed by atoms with Gasteiger partial charge in [0.15, 0.2) is 0 Å². The second kappa shape index (κ2) is 21.1. The molecule has 0 aliphatic rings. The van der Waals surface area contributed by atoms with E-state index in [9.17, 15) is 14.4 Å². The van der Waals surface area contributed by atoms with E-state index in [2.05, 4.69) is 32.9 Å². The number of carbonyl (C=O) groups is 3. The summed E-state index contributed by atoms with van der Waals surface area (Å²) in [4.78, 5) is 33.7. The summed E-state index contributed by atoms with van der Waals surface area (Å²) in [5.74, 6) is -1.35. The minimum absolute atomic E-state index is 0.00364. The van der Waals surface area contributed by atoms with Crippen molar-refractivity contribution in [2.24, 2.45) is 0 Å². The Morgan fingerprint density at radius 2 is 0.889 bits per heavy atom. The van der Waals surface area contributed by atoms with Crippen molar-refractivity contribution in [1.29, 1.82) is 0 Å². The number of carbonyl (C=O) groups excluding carboxylic acids is 3. The molecule has 202 valence electrons.